The molecule has 0 atom stereocenters. The Labute approximate surface area is 106 Å². The van der Waals surface area contributed by atoms with Gasteiger partial charge in [-0.1, -0.05) is 24.3 Å². The van der Waals surface area contributed by atoms with E-state index in [4.69, 9.17) is 5.11 Å². The molecule has 2 N–H and O–H groups in total. The van der Waals surface area contributed by atoms with Crippen LogP contribution < -0.4 is 0 Å². The quantitative estimate of drug-likeness (QED) is 0.837. The lowest BCUT2D eigenvalue weighted by Crippen LogP contribution is -2.14. The first-order chi connectivity index (χ1) is 8.51. The highest BCUT2D eigenvalue weighted by Crippen LogP contribution is 2.51. The summed E-state index contributed by atoms with van der Waals surface area (Å²) in [4.78, 5) is 10.9. The molecule has 1 aromatic carbocycles. The molecule has 2 aliphatic rings. The summed E-state index contributed by atoms with van der Waals surface area (Å²) in [6.07, 6.45) is 4.70. The third-order valence-electron chi connectivity index (χ3n) is 4.27. The molecule has 2 aliphatic carbocycles. The van der Waals surface area contributed by atoms with Crippen LogP contribution >= 0.6 is 0 Å². The second-order valence-electron chi connectivity index (χ2n) is 5.95. The first-order valence-corrected chi connectivity index (χ1v) is 6.55. The lowest BCUT2D eigenvalue weighted by atomic mass is 9.91. The molecule has 0 amide bonds. The fourth-order valence-corrected chi connectivity index (χ4v) is 2.69. The fourth-order valence-electron chi connectivity index (χ4n) is 2.69. The molecule has 3 nitrogen and oxygen atoms in total. The molecule has 0 bridgehead atoms. The molecule has 18 heavy (non-hydrogen) atoms. The van der Waals surface area contributed by atoms with Crippen LogP contribution in [0.1, 0.15) is 43.2 Å². The zero-order chi connectivity index (χ0) is 12.8. The van der Waals surface area contributed by atoms with Crippen molar-refractivity contribution < 1.29 is 15.0 Å². The Hall–Kier alpha value is -1.35. The van der Waals surface area contributed by atoms with Crippen LogP contribution in [0.4, 0.5) is 0 Å². The predicted molar refractivity (Wildman–Crippen MR) is 67.5 cm³/mol. The highest BCUT2D eigenvalue weighted by atomic mass is 16.4. The second kappa shape index (κ2) is 3.82. The Morgan fingerprint density at radius 3 is 2.17 bits per heavy atom. The van der Waals surface area contributed by atoms with Gasteiger partial charge >= 0.3 is 5.97 Å². The number of hydrogen-bond acceptors (Lipinski definition) is 2. The zero-order valence-electron chi connectivity index (χ0n) is 10.4. The molecule has 3 rings (SSSR count). The molecule has 3 heteroatoms. The van der Waals surface area contributed by atoms with Crippen molar-refractivity contribution in [1.29, 1.82) is 0 Å². The lowest BCUT2D eigenvalue weighted by Gasteiger charge is -2.14. The normalized spacial score (nSPS) is 22.5. The van der Waals surface area contributed by atoms with E-state index in [2.05, 4.69) is 0 Å². The summed E-state index contributed by atoms with van der Waals surface area (Å²) in [5, 5.41) is 18.8. The maximum Gasteiger partial charge on any atom is 0.304 e. The van der Waals surface area contributed by atoms with Crippen molar-refractivity contribution in [1.82, 2.24) is 0 Å². The van der Waals surface area contributed by atoms with E-state index in [1.54, 1.807) is 0 Å². The average Bonchev–Trinajstić information content (AvgIpc) is 3.20. The molecule has 0 radical (unpaired) electrons. The molecule has 0 unspecified atom stereocenters. The number of hydrogen-bond donors (Lipinski definition) is 2. The molecule has 0 spiro atoms. The van der Waals surface area contributed by atoms with Gasteiger partial charge in [0.15, 0.2) is 0 Å². The Kier molecular flexibility index (Phi) is 2.49. The van der Waals surface area contributed by atoms with Crippen LogP contribution in [-0.2, 0) is 16.6 Å². The van der Waals surface area contributed by atoms with Crippen LogP contribution in [-0.4, -0.2) is 21.8 Å². The molecular formula is C15H18O3. The van der Waals surface area contributed by atoms with Gasteiger partial charge < -0.3 is 10.2 Å². The van der Waals surface area contributed by atoms with Crippen LogP contribution in [0.5, 0.6) is 0 Å². The van der Waals surface area contributed by atoms with E-state index in [0.29, 0.717) is 0 Å². The van der Waals surface area contributed by atoms with E-state index in [1.165, 1.54) is 0 Å². The number of carboxylic acid groups (broad SMARTS) is 1. The fraction of sp³-hybridized carbons (Fsp3) is 0.533. The van der Waals surface area contributed by atoms with Crippen molar-refractivity contribution >= 4 is 5.97 Å². The standard InChI is InChI=1S/C15H18O3/c16-13(17)10-14(5-6-14)12-3-1-11(2-4-12)9-15(18)7-8-15/h1-4,18H,5-10H2,(H,16,17). The van der Waals surface area contributed by atoms with Crippen LogP contribution in [0.15, 0.2) is 24.3 Å². The largest absolute Gasteiger partial charge is 0.481 e. The minimum Gasteiger partial charge on any atom is -0.481 e. The maximum absolute atomic E-state index is 10.9. The summed E-state index contributed by atoms with van der Waals surface area (Å²) in [6.45, 7) is 0. The van der Waals surface area contributed by atoms with Crippen molar-refractivity contribution in [3.05, 3.63) is 35.4 Å². The SMILES string of the molecule is O=C(O)CC1(c2ccc(CC3(O)CC3)cc2)CC1. The molecular weight excluding hydrogens is 228 g/mol. The number of aliphatic hydroxyl groups is 1. The van der Waals surface area contributed by atoms with Gasteiger partial charge in [-0.05, 0) is 36.8 Å². The monoisotopic (exact) mass is 246 g/mol. The predicted octanol–water partition coefficient (Wildman–Crippen LogP) is 2.26. The second-order valence-corrected chi connectivity index (χ2v) is 5.95. The summed E-state index contributed by atoms with van der Waals surface area (Å²) in [6, 6.07) is 8.15. The summed E-state index contributed by atoms with van der Waals surface area (Å²) < 4.78 is 0. The number of rotatable bonds is 5. The highest BCUT2D eigenvalue weighted by Gasteiger charge is 2.46. The number of carbonyl (C=O) groups is 1. The van der Waals surface area contributed by atoms with Gasteiger partial charge in [-0.15, -0.1) is 0 Å². The zero-order valence-corrected chi connectivity index (χ0v) is 10.4. The molecule has 0 aliphatic heterocycles. The van der Waals surface area contributed by atoms with Crippen molar-refractivity contribution in [3.63, 3.8) is 0 Å². The molecule has 2 fully saturated rings. The first-order valence-electron chi connectivity index (χ1n) is 6.55. The van der Waals surface area contributed by atoms with Gasteiger partial charge in [0.25, 0.3) is 0 Å². The van der Waals surface area contributed by atoms with Crippen molar-refractivity contribution in [3.8, 4) is 0 Å². The summed E-state index contributed by atoms with van der Waals surface area (Å²) >= 11 is 0. The van der Waals surface area contributed by atoms with Crippen LogP contribution in [0, 0.1) is 0 Å². The van der Waals surface area contributed by atoms with Crippen molar-refractivity contribution in [2.45, 2.75) is 49.5 Å². The van der Waals surface area contributed by atoms with Crippen LogP contribution in [0.25, 0.3) is 0 Å². The van der Waals surface area contributed by atoms with Gasteiger partial charge in [0.1, 0.15) is 0 Å². The minimum absolute atomic E-state index is 0.110. The molecule has 1 aromatic rings. The molecule has 0 heterocycles. The van der Waals surface area contributed by atoms with Gasteiger partial charge in [-0.2, -0.15) is 0 Å². The van der Waals surface area contributed by atoms with E-state index in [1.807, 2.05) is 24.3 Å². The van der Waals surface area contributed by atoms with Gasteiger partial charge in [0.05, 0.1) is 12.0 Å². The molecule has 96 valence electrons. The van der Waals surface area contributed by atoms with Gasteiger partial charge in [-0.25, -0.2) is 0 Å². The van der Waals surface area contributed by atoms with E-state index >= 15 is 0 Å². The average molecular weight is 246 g/mol. The minimum atomic E-state index is -0.719. The van der Waals surface area contributed by atoms with Crippen molar-refractivity contribution in [2.75, 3.05) is 0 Å². The van der Waals surface area contributed by atoms with E-state index in [-0.39, 0.29) is 11.8 Å². The number of carboxylic acids is 1. The summed E-state index contributed by atoms with van der Waals surface area (Å²) in [5.41, 5.74) is 1.71. The number of benzene rings is 1. The van der Waals surface area contributed by atoms with E-state index in [0.717, 1.165) is 43.2 Å². The highest BCUT2D eigenvalue weighted by molar-refractivity contribution is 5.70. The molecule has 0 saturated heterocycles. The molecule has 2 saturated carbocycles. The first kappa shape index (κ1) is 11.7. The maximum atomic E-state index is 10.9. The summed E-state index contributed by atoms with van der Waals surface area (Å²) in [7, 11) is 0. The third kappa shape index (κ3) is 2.27. The topological polar surface area (TPSA) is 57.5 Å². The lowest BCUT2D eigenvalue weighted by molar-refractivity contribution is -0.137. The van der Waals surface area contributed by atoms with Crippen LogP contribution in [0.3, 0.4) is 0 Å². The van der Waals surface area contributed by atoms with E-state index in [9.17, 15) is 9.90 Å². The van der Waals surface area contributed by atoms with Gasteiger partial charge in [0.2, 0.25) is 0 Å². The smallest absolute Gasteiger partial charge is 0.304 e. The van der Waals surface area contributed by atoms with Gasteiger partial charge in [0, 0.05) is 11.8 Å². The third-order valence-corrected chi connectivity index (χ3v) is 4.27. The Bertz CT molecular complexity index is 467. The Morgan fingerprint density at radius 2 is 1.72 bits per heavy atom. The number of aliphatic carboxylic acids is 1. The summed E-state index contributed by atoms with van der Waals surface area (Å²) in [5.74, 6) is -0.719. The van der Waals surface area contributed by atoms with Crippen molar-refractivity contribution in [2.24, 2.45) is 0 Å². The van der Waals surface area contributed by atoms with E-state index < -0.39 is 11.6 Å². The van der Waals surface area contributed by atoms with Crippen LogP contribution in [0.2, 0.25) is 0 Å². The molecule has 0 aromatic heterocycles. The Morgan fingerprint density at radius 1 is 1.11 bits per heavy atom. The Balaban J connectivity index is 1.73. The van der Waals surface area contributed by atoms with Gasteiger partial charge in [-0.3, -0.25) is 4.79 Å².